The Labute approximate surface area is 77.6 Å². The summed E-state index contributed by atoms with van der Waals surface area (Å²) in [5.41, 5.74) is 3.07. The zero-order valence-electron chi connectivity index (χ0n) is 7.95. The van der Waals surface area contributed by atoms with Crippen molar-refractivity contribution in [3.8, 4) is 0 Å². The van der Waals surface area contributed by atoms with E-state index in [9.17, 15) is 0 Å². The van der Waals surface area contributed by atoms with Crippen LogP contribution in [0.2, 0.25) is 0 Å². The van der Waals surface area contributed by atoms with E-state index in [0.717, 1.165) is 17.5 Å². The van der Waals surface area contributed by atoms with Crippen molar-refractivity contribution >= 4 is 11.1 Å². The maximum absolute atomic E-state index is 5.28. The molecule has 0 aliphatic rings. The minimum Gasteiger partial charge on any atom is -0.463 e. The SMILES string of the molecule is CC(C)Cc1cnc2ccoc2c1. The van der Waals surface area contributed by atoms with Gasteiger partial charge in [0.25, 0.3) is 0 Å². The minimum absolute atomic E-state index is 0.661. The predicted molar refractivity (Wildman–Crippen MR) is 52.6 cm³/mol. The second-order valence-electron chi connectivity index (χ2n) is 3.75. The fourth-order valence-corrected chi connectivity index (χ4v) is 1.47. The average molecular weight is 175 g/mol. The van der Waals surface area contributed by atoms with Crippen LogP contribution in [-0.2, 0) is 6.42 Å². The molecular formula is C11H13NO. The van der Waals surface area contributed by atoms with E-state index in [1.54, 1.807) is 6.26 Å². The van der Waals surface area contributed by atoms with Crippen molar-refractivity contribution in [1.82, 2.24) is 4.98 Å². The fourth-order valence-electron chi connectivity index (χ4n) is 1.47. The summed E-state index contributed by atoms with van der Waals surface area (Å²) in [5.74, 6) is 0.661. The highest BCUT2D eigenvalue weighted by Gasteiger charge is 2.02. The highest BCUT2D eigenvalue weighted by molar-refractivity contribution is 5.72. The van der Waals surface area contributed by atoms with Crippen LogP contribution in [0.25, 0.3) is 11.1 Å². The molecule has 2 aromatic rings. The molecule has 0 radical (unpaired) electrons. The third kappa shape index (κ3) is 1.72. The first kappa shape index (κ1) is 8.30. The summed E-state index contributed by atoms with van der Waals surface area (Å²) in [4.78, 5) is 4.30. The van der Waals surface area contributed by atoms with E-state index in [1.807, 2.05) is 12.3 Å². The maximum atomic E-state index is 5.28. The lowest BCUT2D eigenvalue weighted by atomic mass is 10.0. The summed E-state index contributed by atoms with van der Waals surface area (Å²) in [5, 5.41) is 0. The molecule has 0 saturated heterocycles. The molecule has 0 aliphatic heterocycles. The Bertz CT molecular complexity index is 403. The Hall–Kier alpha value is -1.31. The van der Waals surface area contributed by atoms with Gasteiger partial charge in [-0.3, -0.25) is 4.98 Å². The Kier molecular flexibility index (Phi) is 2.05. The van der Waals surface area contributed by atoms with E-state index < -0.39 is 0 Å². The molecule has 13 heavy (non-hydrogen) atoms. The van der Waals surface area contributed by atoms with Gasteiger partial charge in [0, 0.05) is 12.3 Å². The third-order valence-electron chi connectivity index (χ3n) is 2.00. The van der Waals surface area contributed by atoms with Crippen LogP contribution < -0.4 is 0 Å². The van der Waals surface area contributed by atoms with E-state index >= 15 is 0 Å². The van der Waals surface area contributed by atoms with Gasteiger partial charge in [-0.2, -0.15) is 0 Å². The Morgan fingerprint density at radius 1 is 1.46 bits per heavy atom. The van der Waals surface area contributed by atoms with Gasteiger partial charge in [-0.25, -0.2) is 0 Å². The van der Waals surface area contributed by atoms with Crippen LogP contribution in [0.3, 0.4) is 0 Å². The molecule has 0 N–H and O–H groups in total. The van der Waals surface area contributed by atoms with Crippen molar-refractivity contribution in [3.05, 3.63) is 30.2 Å². The lowest BCUT2D eigenvalue weighted by molar-refractivity contribution is 0.611. The quantitative estimate of drug-likeness (QED) is 0.701. The lowest BCUT2D eigenvalue weighted by Crippen LogP contribution is -1.94. The van der Waals surface area contributed by atoms with E-state index in [4.69, 9.17) is 4.42 Å². The van der Waals surface area contributed by atoms with Crippen molar-refractivity contribution in [2.24, 2.45) is 5.92 Å². The molecule has 0 aliphatic carbocycles. The van der Waals surface area contributed by atoms with Gasteiger partial charge in [-0.05, 0) is 24.0 Å². The van der Waals surface area contributed by atoms with Crippen LogP contribution in [0, 0.1) is 5.92 Å². The Balaban J connectivity index is 2.37. The molecule has 2 nitrogen and oxygen atoms in total. The molecule has 0 aromatic carbocycles. The molecule has 68 valence electrons. The van der Waals surface area contributed by atoms with Gasteiger partial charge >= 0.3 is 0 Å². The molecule has 0 amide bonds. The molecule has 2 heterocycles. The number of aromatic nitrogens is 1. The van der Waals surface area contributed by atoms with Gasteiger partial charge in [0.2, 0.25) is 0 Å². The molecule has 2 heteroatoms. The number of hydrogen-bond donors (Lipinski definition) is 0. The van der Waals surface area contributed by atoms with Crippen LogP contribution in [0.5, 0.6) is 0 Å². The van der Waals surface area contributed by atoms with E-state index in [-0.39, 0.29) is 0 Å². The largest absolute Gasteiger partial charge is 0.463 e. The van der Waals surface area contributed by atoms with Gasteiger partial charge in [0.15, 0.2) is 5.58 Å². The van der Waals surface area contributed by atoms with Crippen LogP contribution in [-0.4, -0.2) is 4.98 Å². The molecular weight excluding hydrogens is 162 g/mol. The maximum Gasteiger partial charge on any atom is 0.152 e. The van der Waals surface area contributed by atoms with Gasteiger partial charge < -0.3 is 4.42 Å². The summed E-state index contributed by atoms with van der Waals surface area (Å²) in [6.07, 6.45) is 4.66. The average Bonchev–Trinajstić information content (AvgIpc) is 2.49. The number of nitrogens with zero attached hydrogens (tertiary/aromatic N) is 1. The van der Waals surface area contributed by atoms with Crippen LogP contribution in [0.4, 0.5) is 0 Å². The molecule has 0 saturated carbocycles. The molecule has 2 aromatic heterocycles. The number of pyridine rings is 1. The molecule has 0 fully saturated rings. The van der Waals surface area contributed by atoms with E-state index in [0.29, 0.717) is 5.92 Å². The summed E-state index contributed by atoms with van der Waals surface area (Å²) < 4.78 is 5.28. The summed E-state index contributed by atoms with van der Waals surface area (Å²) in [6, 6.07) is 3.96. The molecule has 0 spiro atoms. The third-order valence-corrected chi connectivity index (χ3v) is 2.00. The lowest BCUT2D eigenvalue weighted by Gasteiger charge is -2.03. The zero-order chi connectivity index (χ0) is 9.26. The highest BCUT2D eigenvalue weighted by Crippen LogP contribution is 2.16. The standard InChI is InChI=1S/C11H13NO/c1-8(2)5-9-6-11-10(12-7-9)3-4-13-11/h3-4,6-8H,5H2,1-2H3. The molecule has 2 rings (SSSR count). The number of fused-ring (bicyclic) bond motifs is 1. The highest BCUT2D eigenvalue weighted by atomic mass is 16.3. The Morgan fingerprint density at radius 2 is 2.31 bits per heavy atom. The van der Waals surface area contributed by atoms with Crippen molar-refractivity contribution in [2.75, 3.05) is 0 Å². The molecule has 0 bridgehead atoms. The van der Waals surface area contributed by atoms with Gasteiger partial charge in [0.1, 0.15) is 5.52 Å². The summed E-state index contributed by atoms with van der Waals surface area (Å²) >= 11 is 0. The fraction of sp³-hybridized carbons (Fsp3) is 0.364. The van der Waals surface area contributed by atoms with Gasteiger partial charge in [-0.1, -0.05) is 13.8 Å². The first-order valence-electron chi connectivity index (χ1n) is 4.58. The second kappa shape index (κ2) is 3.21. The van der Waals surface area contributed by atoms with Crippen molar-refractivity contribution < 1.29 is 4.42 Å². The van der Waals surface area contributed by atoms with E-state index in [2.05, 4.69) is 24.9 Å². The number of rotatable bonds is 2. The van der Waals surface area contributed by atoms with Crippen LogP contribution in [0.1, 0.15) is 19.4 Å². The van der Waals surface area contributed by atoms with Gasteiger partial charge in [-0.15, -0.1) is 0 Å². The van der Waals surface area contributed by atoms with Crippen molar-refractivity contribution in [1.29, 1.82) is 0 Å². The smallest absolute Gasteiger partial charge is 0.152 e. The summed E-state index contributed by atoms with van der Waals surface area (Å²) in [6.45, 7) is 4.40. The monoisotopic (exact) mass is 175 g/mol. The first-order chi connectivity index (χ1) is 6.25. The Morgan fingerprint density at radius 3 is 3.08 bits per heavy atom. The molecule has 0 atom stereocenters. The van der Waals surface area contributed by atoms with Crippen molar-refractivity contribution in [2.45, 2.75) is 20.3 Å². The topological polar surface area (TPSA) is 26.0 Å². The molecule has 0 unspecified atom stereocenters. The summed E-state index contributed by atoms with van der Waals surface area (Å²) in [7, 11) is 0. The van der Waals surface area contributed by atoms with Crippen LogP contribution in [0.15, 0.2) is 29.0 Å². The normalized spacial score (nSPS) is 11.3. The zero-order valence-corrected chi connectivity index (χ0v) is 7.95. The predicted octanol–water partition coefficient (Wildman–Crippen LogP) is 3.03. The minimum atomic E-state index is 0.661. The van der Waals surface area contributed by atoms with Gasteiger partial charge in [0.05, 0.1) is 6.26 Å². The number of furan rings is 1. The van der Waals surface area contributed by atoms with Crippen LogP contribution >= 0.6 is 0 Å². The van der Waals surface area contributed by atoms with E-state index in [1.165, 1.54) is 5.56 Å². The first-order valence-corrected chi connectivity index (χ1v) is 4.58. The van der Waals surface area contributed by atoms with Crippen molar-refractivity contribution in [3.63, 3.8) is 0 Å². The second-order valence-corrected chi connectivity index (χ2v) is 3.75. The number of hydrogen-bond acceptors (Lipinski definition) is 2.